The molecular formula is C13H24N2O3S. The van der Waals surface area contributed by atoms with Crippen molar-refractivity contribution in [3.63, 3.8) is 0 Å². The fraction of sp³-hybridized carbons (Fsp3) is 0.846. The van der Waals surface area contributed by atoms with Gasteiger partial charge in [0.15, 0.2) is 0 Å². The first kappa shape index (κ1) is 16.3. The van der Waals surface area contributed by atoms with Crippen LogP contribution in [0.15, 0.2) is 0 Å². The summed E-state index contributed by atoms with van der Waals surface area (Å²) < 4.78 is 0. The van der Waals surface area contributed by atoms with E-state index in [1.807, 2.05) is 13.2 Å². The van der Waals surface area contributed by atoms with Crippen LogP contribution in [0.1, 0.15) is 32.6 Å². The first-order valence-electron chi connectivity index (χ1n) is 6.73. The second kappa shape index (κ2) is 7.14. The highest BCUT2D eigenvalue weighted by Crippen LogP contribution is 2.35. The number of hydrogen-bond donors (Lipinski definition) is 2. The van der Waals surface area contributed by atoms with Crippen LogP contribution in [0.25, 0.3) is 0 Å². The molecule has 1 saturated heterocycles. The molecule has 1 fully saturated rings. The van der Waals surface area contributed by atoms with Gasteiger partial charge in [-0.05, 0) is 31.3 Å². The topological polar surface area (TPSA) is 83.6 Å². The van der Waals surface area contributed by atoms with Crippen LogP contribution in [0.5, 0.6) is 0 Å². The van der Waals surface area contributed by atoms with E-state index in [0.717, 1.165) is 12.2 Å². The summed E-state index contributed by atoms with van der Waals surface area (Å²) in [6.07, 6.45) is 4.59. The molecule has 0 aromatic heterocycles. The van der Waals surface area contributed by atoms with Crippen LogP contribution in [0.3, 0.4) is 0 Å². The predicted octanol–water partition coefficient (Wildman–Crippen LogP) is 1.17. The van der Waals surface area contributed by atoms with Crippen LogP contribution in [-0.2, 0) is 9.59 Å². The highest BCUT2D eigenvalue weighted by molar-refractivity contribution is 7.98. The Balaban J connectivity index is 2.63. The first-order chi connectivity index (χ1) is 8.96. The average Bonchev–Trinajstić information content (AvgIpc) is 2.81. The van der Waals surface area contributed by atoms with Crippen molar-refractivity contribution in [2.45, 2.75) is 38.6 Å². The summed E-state index contributed by atoms with van der Waals surface area (Å²) in [7, 11) is 0. The second-order valence-corrected chi connectivity index (χ2v) is 6.22. The maximum absolute atomic E-state index is 12.2. The smallest absolute Gasteiger partial charge is 0.311 e. The van der Waals surface area contributed by atoms with E-state index in [1.54, 1.807) is 16.7 Å². The van der Waals surface area contributed by atoms with Crippen molar-refractivity contribution in [2.24, 2.45) is 11.1 Å². The van der Waals surface area contributed by atoms with Gasteiger partial charge in [0.1, 0.15) is 0 Å². The molecule has 0 spiro atoms. The van der Waals surface area contributed by atoms with Crippen molar-refractivity contribution >= 4 is 23.6 Å². The third-order valence-corrected chi connectivity index (χ3v) is 4.44. The quantitative estimate of drug-likeness (QED) is 0.734. The van der Waals surface area contributed by atoms with E-state index in [9.17, 15) is 14.7 Å². The number of aliphatic carboxylic acids is 1. The molecule has 6 heteroatoms. The maximum atomic E-state index is 12.2. The molecule has 0 aromatic carbocycles. The molecule has 0 aromatic rings. The Morgan fingerprint density at radius 2 is 2.21 bits per heavy atom. The molecule has 19 heavy (non-hydrogen) atoms. The van der Waals surface area contributed by atoms with Gasteiger partial charge in [-0.3, -0.25) is 9.59 Å². The van der Waals surface area contributed by atoms with Gasteiger partial charge in [0.25, 0.3) is 0 Å². The molecule has 0 radical (unpaired) electrons. The molecule has 0 aliphatic carbocycles. The first-order valence-corrected chi connectivity index (χ1v) is 8.13. The SMILES string of the molecule is CCCC1(C(=O)O)CCN(C(=O)[C@H](N)CCSC)C1. The van der Waals surface area contributed by atoms with Gasteiger partial charge >= 0.3 is 5.97 Å². The van der Waals surface area contributed by atoms with E-state index >= 15 is 0 Å². The van der Waals surface area contributed by atoms with E-state index in [-0.39, 0.29) is 5.91 Å². The van der Waals surface area contributed by atoms with Gasteiger partial charge in [0.2, 0.25) is 5.91 Å². The minimum Gasteiger partial charge on any atom is -0.481 e. The van der Waals surface area contributed by atoms with E-state index < -0.39 is 17.4 Å². The van der Waals surface area contributed by atoms with Crippen LogP contribution in [-0.4, -0.2) is 53.0 Å². The Morgan fingerprint density at radius 1 is 1.53 bits per heavy atom. The van der Waals surface area contributed by atoms with Gasteiger partial charge in [-0.15, -0.1) is 0 Å². The number of rotatable bonds is 7. The summed E-state index contributed by atoms with van der Waals surface area (Å²) in [5.74, 6) is -0.0459. The molecule has 5 nitrogen and oxygen atoms in total. The standard InChI is InChI=1S/C13H24N2O3S/c1-3-5-13(12(17)18)6-7-15(9-13)11(16)10(14)4-8-19-2/h10H,3-9,14H2,1-2H3,(H,17,18)/t10-,13?/m1/s1. The number of nitrogens with two attached hydrogens (primary N) is 1. The minimum absolute atomic E-state index is 0.103. The van der Waals surface area contributed by atoms with E-state index in [1.165, 1.54) is 0 Å². The lowest BCUT2D eigenvalue weighted by Crippen LogP contribution is -2.44. The van der Waals surface area contributed by atoms with E-state index in [4.69, 9.17) is 5.73 Å². The fourth-order valence-corrected chi connectivity index (χ4v) is 3.12. The molecule has 1 aliphatic heterocycles. The van der Waals surface area contributed by atoms with Crippen molar-refractivity contribution in [1.29, 1.82) is 0 Å². The molecule has 110 valence electrons. The summed E-state index contributed by atoms with van der Waals surface area (Å²) >= 11 is 1.66. The molecule has 3 N–H and O–H groups in total. The average molecular weight is 288 g/mol. The lowest BCUT2D eigenvalue weighted by Gasteiger charge is -2.25. The molecular weight excluding hydrogens is 264 g/mol. The zero-order chi connectivity index (χ0) is 14.5. The predicted molar refractivity (Wildman–Crippen MR) is 77.1 cm³/mol. The molecule has 0 bridgehead atoms. The molecule has 1 unspecified atom stereocenters. The lowest BCUT2D eigenvalue weighted by atomic mass is 9.83. The highest BCUT2D eigenvalue weighted by atomic mass is 32.2. The van der Waals surface area contributed by atoms with Crippen molar-refractivity contribution in [1.82, 2.24) is 4.90 Å². The van der Waals surface area contributed by atoms with Crippen molar-refractivity contribution in [3.05, 3.63) is 0 Å². The number of thioether (sulfide) groups is 1. The summed E-state index contributed by atoms with van der Waals surface area (Å²) in [6, 6.07) is -0.501. The molecule has 1 heterocycles. The van der Waals surface area contributed by atoms with Gasteiger partial charge in [-0.25, -0.2) is 0 Å². The number of hydrogen-bond acceptors (Lipinski definition) is 4. The van der Waals surface area contributed by atoms with Gasteiger partial charge in [-0.2, -0.15) is 11.8 Å². The summed E-state index contributed by atoms with van der Waals surface area (Å²) in [6.45, 7) is 2.79. The Hall–Kier alpha value is -0.750. The van der Waals surface area contributed by atoms with Gasteiger partial charge < -0.3 is 15.7 Å². The molecule has 0 saturated carbocycles. The van der Waals surface area contributed by atoms with Crippen LogP contribution < -0.4 is 5.73 Å². The van der Waals surface area contributed by atoms with Gasteiger partial charge in [-0.1, -0.05) is 13.3 Å². The van der Waals surface area contributed by atoms with Gasteiger partial charge in [0, 0.05) is 13.1 Å². The number of carboxylic acids is 1. The summed E-state index contributed by atoms with van der Waals surface area (Å²) in [5.41, 5.74) is 5.11. The number of carbonyl (C=O) groups excluding carboxylic acids is 1. The summed E-state index contributed by atoms with van der Waals surface area (Å²) in [4.78, 5) is 25.2. The van der Waals surface area contributed by atoms with E-state index in [2.05, 4.69) is 0 Å². The second-order valence-electron chi connectivity index (χ2n) is 5.23. The zero-order valence-corrected chi connectivity index (χ0v) is 12.5. The van der Waals surface area contributed by atoms with E-state index in [0.29, 0.717) is 32.4 Å². The third-order valence-electron chi connectivity index (χ3n) is 3.80. The Morgan fingerprint density at radius 3 is 2.74 bits per heavy atom. The fourth-order valence-electron chi connectivity index (χ4n) is 2.63. The monoisotopic (exact) mass is 288 g/mol. The number of nitrogens with zero attached hydrogens (tertiary/aromatic N) is 1. The molecule has 1 aliphatic rings. The van der Waals surface area contributed by atoms with Crippen LogP contribution in [0.4, 0.5) is 0 Å². The Labute approximate surface area is 118 Å². The van der Waals surface area contributed by atoms with Crippen LogP contribution in [0, 0.1) is 5.41 Å². The number of amides is 1. The highest BCUT2D eigenvalue weighted by Gasteiger charge is 2.45. The lowest BCUT2D eigenvalue weighted by molar-refractivity contribution is -0.149. The normalized spacial score (nSPS) is 24.5. The van der Waals surface area contributed by atoms with Crippen molar-refractivity contribution < 1.29 is 14.7 Å². The third kappa shape index (κ3) is 3.86. The largest absolute Gasteiger partial charge is 0.481 e. The van der Waals surface area contributed by atoms with Crippen molar-refractivity contribution in [2.75, 3.05) is 25.1 Å². The number of likely N-dealkylation sites (tertiary alicyclic amines) is 1. The number of carboxylic acid groups (broad SMARTS) is 1. The number of carbonyl (C=O) groups is 2. The Kier molecular flexibility index (Phi) is 6.13. The zero-order valence-electron chi connectivity index (χ0n) is 11.7. The Bertz CT molecular complexity index is 338. The summed E-state index contributed by atoms with van der Waals surface area (Å²) in [5, 5.41) is 9.40. The maximum Gasteiger partial charge on any atom is 0.311 e. The van der Waals surface area contributed by atoms with Crippen molar-refractivity contribution in [3.8, 4) is 0 Å². The molecule has 1 rings (SSSR count). The molecule has 2 atom stereocenters. The van der Waals surface area contributed by atoms with Gasteiger partial charge in [0.05, 0.1) is 11.5 Å². The minimum atomic E-state index is -0.790. The van der Waals surface area contributed by atoms with Crippen LogP contribution in [0.2, 0.25) is 0 Å². The molecule has 1 amide bonds. The van der Waals surface area contributed by atoms with Crippen LogP contribution >= 0.6 is 11.8 Å².